The van der Waals surface area contributed by atoms with Crippen molar-refractivity contribution in [1.82, 2.24) is 5.32 Å². The van der Waals surface area contributed by atoms with E-state index in [2.05, 4.69) is 24.4 Å². The molecule has 0 fully saturated rings. The van der Waals surface area contributed by atoms with Crippen LogP contribution in [-0.4, -0.2) is 72.5 Å². The second kappa shape index (κ2) is 22.2. The first-order valence-corrected chi connectivity index (χ1v) is 10.4. The molecule has 6 heteroatoms. The van der Waals surface area contributed by atoms with Gasteiger partial charge in [0.05, 0.1) is 6.61 Å². The Kier molecular flexibility index (Phi) is 23.9. The summed E-state index contributed by atoms with van der Waals surface area (Å²) in [5.41, 5.74) is 0. The molecule has 0 radical (unpaired) electrons. The van der Waals surface area contributed by atoms with E-state index >= 15 is 0 Å². The number of aliphatic carboxylic acids is 1. The summed E-state index contributed by atoms with van der Waals surface area (Å²) in [6.45, 7) is 1.67. The second-order valence-corrected chi connectivity index (χ2v) is 6.98. The molecule has 156 valence electrons. The second-order valence-electron chi connectivity index (χ2n) is 6.98. The molecule has 5 nitrogen and oxygen atoms in total. The van der Waals surface area contributed by atoms with Crippen molar-refractivity contribution in [3.8, 4) is 0 Å². The zero-order chi connectivity index (χ0) is 19.5. The maximum absolute atomic E-state index is 11.6. The van der Waals surface area contributed by atoms with Gasteiger partial charge in [0.15, 0.2) is 0 Å². The predicted molar refractivity (Wildman–Crippen MR) is 115 cm³/mol. The molecule has 0 rings (SSSR count). The van der Waals surface area contributed by atoms with Crippen LogP contribution in [-0.2, 0) is 9.59 Å². The zero-order valence-corrected chi connectivity index (χ0v) is 16.5. The average Bonchev–Trinajstić information content (AvgIpc) is 2.62. The fourth-order valence-electron chi connectivity index (χ4n) is 2.81. The average molecular weight is 412 g/mol. The van der Waals surface area contributed by atoms with Gasteiger partial charge in [-0.2, -0.15) is 0 Å². The number of hydrogen-bond donors (Lipinski definition) is 3. The fourth-order valence-corrected chi connectivity index (χ4v) is 2.81. The number of nitrogens with one attached hydrogen (secondary N) is 1. The standard InChI is InChI=1S/C21H39NO4.Ca.2H/c1-2-3-4-5-6-7-8-9-10-11-12-13-14-15-16-17-20(24)22-19(18-23)21(25)26;;;/h9-10,19,23H,2-8,11-18H2,1H3,(H,22,24)(H,25,26);;;/b10-9-;;;. The van der Waals surface area contributed by atoms with Crippen LogP contribution in [0.15, 0.2) is 12.2 Å². The Morgan fingerprint density at radius 2 is 1.33 bits per heavy atom. The van der Waals surface area contributed by atoms with E-state index in [0.717, 1.165) is 32.1 Å². The van der Waals surface area contributed by atoms with Crippen LogP contribution in [0.1, 0.15) is 96.8 Å². The van der Waals surface area contributed by atoms with E-state index in [4.69, 9.17) is 10.2 Å². The molecule has 0 aromatic rings. The molecule has 0 aromatic heterocycles. The van der Waals surface area contributed by atoms with Crippen LogP contribution in [0.3, 0.4) is 0 Å². The number of aliphatic hydroxyl groups excluding tert-OH is 1. The van der Waals surface area contributed by atoms with Crippen LogP contribution in [0.25, 0.3) is 0 Å². The van der Waals surface area contributed by atoms with Crippen LogP contribution in [0, 0.1) is 0 Å². The van der Waals surface area contributed by atoms with Crippen LogP contribution >= 0.6 is 0 Å². The minimum atomic E-state index is -1.20. The molecule has 3 N–H and O–H groups in total. The topological polar surface area (TPSA) is 86.6 Å². The van der Waals surface area contributed by atoms with E-state index in [1.165, 1.54) is 51.4 Å². The summed E-state index contributed by atoms with van der Waals surface area (Å²) in [5, 5.41) is 19.9. The Balaban J connectivity index is 0. The van der Waals surface area contributed by atoms with Crippen molar-refractivity contribution in [2.45, 2.75) is 103 Å². The number of allylic oxidation sites excluding steroid dienone is 2. The first kappa shape index (κ1) is 29.1. The SMILES string of the molecule is CCCCCCCC/C=C\CCCCCCCC(=O)NC(CO)C(=O)O.[CaH2]. The Hall–Kier alpha value is -0.100. The number of carbonyl (C=O) groups is 2. The molecular formula is C21H41CaNO4. The van der Waals surface area contributed by atoms with Gasteiger partial charge in [-0.15, -0.1) is 0 Å². The fraction of sp³-hybridized carbons (Fsp3) is 0.810. The number of carbonyl (C=O) groups excluding carboxylic acids is 1. The number of rotatable bonds is 18. The van der Waals surface area contributed by atoms with E-state index < -0.39 is 18.6 Å². The number of unbranched alkanes of at least 4 members (excludes halogenated alkanes) is 11. The van der Waals surface area contributed by atoms with E-state index in [0.29, 0.717) is 6.42 Å². The molecule has 0 heterocycles. The Morgan fingerprint density at radius 1 is 0.852 bits per heavy atom. The summed E-state index contributed by atoms with van der Waals surface area (Å²) in [6, 6.07) is -1.19. The van der Waals surface area contributed by atoms with Gasteiger partial charge in [0, 0.05) is 6.42 Å². The van der Waals surface area contributed by atoms with Crippen LogP contribution in [0.5, 0.6) is 0 Å². The molecular weight excluding hydrogens is 370 g/mol. The van der Waals surface area contributed by atoms with Crippen LogP contribution in [0.4, 0.5) is 0 Å². The van der Waals surface area contributed by atoms with Gasteiger partial charge in [0.1, 0.15) is 6.04 Å². The quantitative estimate of drug-likeness (QED) is 0.182. The molecule has 1 unspecified atom stereocenters. The van der Waals surface area contributed by atoms with Gasteiger partial charge in [-0.1, -0.05) is 70.4 Å². The third kappa shape index (κ3) is 20.4. The van der Waals surface area contributed by atoms with Gasteiger partial charge < -0.3 is 15.5 Å². The summed E-state index contributed by atoms with van der Waals surface area (Å²) in [4.78, 5) is 22.3. The molecule has 1 amide bonds. The van der Waals surface area contributed by atoms with Gasteiger partial charge in [0.25, 0.3) is 0 Å². The van der Waals surface area contributed by atoms with Crippen molar-refractivity contribution in [2.24, 2.45) is 0 Å². The molecule has 0 aliphatic carbocycles. The number of amides is 1. The monoisotopic (exact) mass is 411 g/mol. The summed E-state index contributed by atoms with van der Waals surface area (Å²) in [5.74, 6) is -1.51. The van der Waals surface area contributed by atoms with Gasteiger partial charge >= 0.3 is 43.7 Å². The Morgan fingerprint density at radius 3 is 1.81 bits per heavy atom. The van der Waals surface area contributed by atoms with Gasteiger partial charge in [0.2, 0.25) is 5.91 Å². The summed E-state index contributed by atoms with van der Waals surface area (Å²) < 4.78 is 0. The van der Waals surface area contributed by atoms with Crippen molar-refractivity contribution in [2.75, 3.05) is 6.61 Å². The normalized spacial score (nSPS) is 11.9. The molecule has 1 atom stereocenters. The zero-order valence-electron chi connectivity index (χ0n) is 16.5. The Labute approximate surface area is 195 Å². The number of carboxylic acid groups (broad SMARTS) is 1. The summed E-state index contributed by atoms with van der Waals surface area (Å²) in [6.07, 6.45) is 20.5. The third-order valence-corrected chi connectivity index (χ3v) is 4.48. The predicted octanol–water partition coefficient (Wildman–Crippen LogP) is 3.67. The van der Waals surface area contributed by atoms with Crippen molar-refractivity contribution >= 4 is 49.6 Å². The number of aliphatic hydroxyl groups is 1. The summed E-state index contributed by atoms with van der Waals surface area (Å²) >= 11 is 0. The molecule has 0 saturated carbocycles. The van der Waals surface area contributed by atoms with E-state index in [9.17, 15) is 9.59 Å². The van der Waals surface area contributed by atoms with Crippen molar-refractivity contribution < 1.29 is 19.8 Å². The molecule has 0 bridgehead atoms. The van der Waals surface area contributed by atoms with Gasteiger partial charge in [-0.25, -0.2) is 4.79 Å². The van der Waals surface area contributed by atoms with Crippen molar-refractivity contribution in [3.63, 3.8) is 0 Å². The van der Waals surface area contributed by atoms with Crippen LogP contribution in [0.2, 0.25) is 0 Å². The molecule has 0 aliphatic heterocycles. The first-order valence-electron chi connectivity index (χ1n) is 10.4. The number of carboxylic acids is 1. The molecule has 0 spiro atoms. The number of hydrogen-bond acceptors (Lipinski definition) is 3. The third-order valence-electron chi connectivity index (χ3n) is 4.48. The van der Waals surface area contributed by atoms with Gasteiger partial charge in [-0.05, 0) is 32.1 Å². The van der Waals surface area contributed by atoms with Gasteiger partial charge in [-0.3, -0.25) is 4.79 Å². The first-order chi connectivity index (χ1) is 12.6. The summed E-state index contributed by atoms with van der Waals surface area (Å²) in [7, 11) is 0. The van der Waals surface area contributed by atoms with E-state index in [1.807, 2.05) is 0 Å². The van der Waals surface area contributed by atoms with Crippen molar-refractivity contribution in [1.29, 1.82) is 0 Å². The molecule has 27 heavy (non-hydrogen) atoms. The molecule has 0 aromatic carbocycles. The molecule has 0 aliphatic rings. The Bertz CT molecular complexity index is 388. The minimum absolute atomic E-state index is 0. The van der Waals surface area contributed by atoms with Crippen LogP contribution < -0.4 is 5.32 Å². The van der Waals surface area contributed by atoms with E-state index in [-0.39, 0.29) is 43.6 Å². The van der Waals surface area contributed by atoms with E-state index in [1.54, 1.807) is 0 Å². The van der Waals surface area contributed by atoms with Crippen molar-refractivity contribution in [3.05, 3.63) is 12.2 Å². The maximum atomic E-state index is 11.6. The molecule has 0 saturated heterocycles.